The molecule has 0 radical (unpaired) electrons. The summed E-state index contributed by atoms with van der Waals surface area (Å²) in [4.78, 5) is 0. The number of rotatable bonds is 9. The second-order valence-electron chi connectivity index (χ2n) is 4.97. The Morgan fingerprint density at radius 1 is 1.30 bits per heavy atom. The van der Waals surface area contributed by atoms with E-state index in [0.717, 1.165) is 29.4 Å². The molecule has 0 saturated carbocycles. The standard InChI is InChI=1S/C15H22BrN5O2/c1-4-6-7-21-15(18-19-20-21)17-10-11-8-12(16)14(23-5-2)13(9-11)22-3/h8-9H,4-7,10H2,1-3H3,(H,17,18,20). The molecule has 0 aliphatic rings. The second kappa shape index (κ2) is 8.71. The molecule has 23 heavy (non-hydrogen) atoms. The maximum absolute atomic E-state index is 5.60. The van der Waals surface area contributed by atoms with Crippen LogP contribution in [0, 0.1) is 0 Å². The first-order valence-corrected chi connectivity index (χ1v) is 8.48. The fourth-order valence-electron chi connectivity index (χ4n) is 2.13. The molecule has 0 amide bonds. The Balaban J connectivity index is 2.09. The Morgan fingerprint density at radius 2 is 2.13 bits per heavy atom. The van der Waals surface area contributed by atoms with Gasteiger partial charge in [-0.25, -0.2) is 4.68 Å². The number of anilines is 1. The molecular weight excluding hydrogens is 362 g/mol. The SMILES string of the molecule is CCCCn1nnnc1NCc1cc(Br)c(OCC)c(OC)c1. The Labute approximate surface area is 144 Å². The van der Waals surface area contributed by atoms with Gasteiger partial charge < -0.3 is 14.8 Å². The van der Waals surface area contributed by atoms with Crippen LogP contribution in [0.3, 0.4) is 0 Å². The van der Waals surface area contributed by atoms with Crippen LogP contribution in [0.4, 0.5) is 5.95 Å². The number of hydrogen-bond donors (Lipinski definition) is 1. The van der Waals surface area contributed by atoms with Crippen LogP contribution in [0.1, 0.15) is 32.3 Å². The smallest absolute Gasteiger partial charge is 0.243 e. The van der Waals surface area contributed by atoms with E-state index in [2.05, 4.69) is 43.7 Å². The minimum absolute atomic E-state index is 0.582. The third-order valence-corrected chi connectivity index (χ3v) is 3.87. The molecule has 0 spiro atoms. The average Bonchev–Trinajstić information content (AvgIpc) is 3.00. The molecule has 1 aromatic heterocycles. The third-order valence-electron chi connectivity index (χ3n) is 3.28. The van der Waals surface area contributed by atoms with Gasteiger partial charge in [0, 0.05) is 13.1 Å². The summed E-state index contributed by atoms with van der Waals surface area (Å²) in [6, 6.07) is 3.95. The van der Waals surface area contributed by atoms with E-state index in [1.165, 1.54) is 0 Å². The van der Waals surface area contributed by atoms with Crippen LogP contribution in [0.5, 0.6) is 11.5 Å². The molecule has 0 saturated heterocycles. The lowest BCUT2D eigenvalue weighted by atomic mass is 10.2. The molecule has 1 heterocycles. The van der Waals surface area contributed by atoms with Gasteiger partial charge in [-0.15, -0.1) is 0 Å². The summed E-state index contributed by atoms with van der Waals surface area (Å²) < 4.78 is 13.6. The third kappa shape index (κ3) is 4.57. The molecule has 0 aliphatic carbocycles. The highest BCUT2D eigenvalue weighted by atomic mass is 79.9. The van der Waals surface area contributed by atoms with Crippen LogP contribution in [0.2, 0.25) is 0 Å². The van der Waals surface area contributed by atoms with E-state index in [1.54, 1.807) is 11.8 Å². The van der Waals surface area contributed by atoms with Crippen molar-refractivity contribution in [3.05, 3.63) is 22.2 Å². The van der Waals surface area contributed by atoms with E-state index in [-0.39, 0.29) is 0 Å². The van der Waals surface area contributed by atoms with Crippen molar-refractivity contribution in [2.45, 2.75) is 39.8 Å². The predicted octanol–water partition coefficient (Wildman–Crippen LogP) is 3.26. The molecule has 0 bridgehead atoms. The molecule has 1 N–H and O–H groups in total. The first-order chi connectivity index (χ1) is 11.2. The van der Waals surface area contributed by atoms with Crippen molar-refractivity contribution in [3.8, 4) is 11.5 Å². The maximum atomic E-state index is 5.60. The van der Waals surface area contributed by atoms with Crippen LogP contribution < -0.4 is 14.8 Å². The van der Waals surface area contributed by atoms with Crippen LogP contribution in [-0.2, 0) is 13.1 Å². The fourth-order valence-corrected chi connectivity index (χ4v) is 2.73. The summed E-state index contributed by atoms with van der Waals surface area (Å²) >= 11 is 3.53. The first-order valence-electron chi connectivity index (χ1n) is 7.68. The second-order valence-corrected chi connectivity index (χ2v) is 5.83. The van der Waals surface area contributed by atoms with Crippen LogP contribution >= 0.6 is 15.9 Å². The summed E-state index contributed by atoms with van der Waals surface area (Å²) in [6.45, 7) is 6.06. The summed E-state index contributed by atoms with van der Waals surface area (Å²) in [6.07, 6.45) is 2.14. The lowest BCUT2D eigenvalue weighted by Gasteiger charge is -2.14. The summed E-state index contributed by atoms with van der Waals surface area (Å²) in [5.41, 5.74) is 1.04. The molecule has 0 unspecified atom stereocenters. The molecule has 0 aliphatic heterocycles. The minimum atomic E-state index is 0.582. The number of aryl methyl sites for hydroxylation is 1. The molecule has 7 nitrogen and oxygen atoms in total. The molecular formula is C15H22BrN5O2. The molecule has 1 aromatic carbocycles. The van der Waals surface area contributed by atoms with E-state index in [0.29, 0.717) is 30.6 Å². The zero-order valence-corrected chi connectivity index (χ0v) is 15.3. The highest BCUT2D eigenvalue weighted by molar-refractivity contribution is 9.10. The van der Waals surface area contributed by atoms with Crippen molar-refractivity contribution in [3.63, 3.8) is 0 Å². The number of nitrogens with zero attached hydrogens (tertiary/aromatic N) is 4. The number of unbranched alkanes of at least 4 members (excludes halogenated alkanes) is 1. The number of halogens is 1. The summed E-state index contributed by atoms with van der Waals surface area (Å²) in [5.74, 6) is 2.08. The highest BCUT2D eigenvalue weighted by Crippen LogP contribution is 2.36. The van der Waals surface area contributed by atoms with Gasteiger partial charge in [-0.3, -0.25) is 0 Å². The molecule has 2 aromatic rings. The average molecular weight is 384 g/mol. The number of methoxy groups -OCH3 is 1. The lowest BCUT2D eigenvalue weighted by molar-refractivity contribution is 0.308. The Kier molecular flexibility index (Phi) is 6.64. The molecule has 126 valence electrons. The number of aromatic nitrogens is 4. The van der Waals surface area contributed by atoms with Crippen molar-refractivity contribution in [1.82, 2.24) is 20.2 Å². The minimum Gasteiger partial charge on any atom is -0.493 e. The van der Waals surface area contributed by atoms with Crippen molar-refractivity contribution >= 4 is 21.9 Å². The zero-order chi connectivity index (χ0) is 16.7. The topological polar surface area (TPSA) is 74.1 Å². The van der Waals surface area contributed by atoms with E-state index in [4.69, 9.17) is 9.47 Å². The van der Waals surface area contributed by atoms with Crippen molar-refractivity contribution in [1.29, 1.82) is 0 Å². The van der Waals surface area contributed by atoms with Gasteiger partial charge in [0.1, 0.15) is 0 Å². The maximum Gasteiger partial charge on any atom is 0.243 e. The van der Waals surface area contributed by atoms with E-state index < -0.39 is 0 Å². The number of benzene rings is 1. The van der Waals surface area contributed by atoms with Gasteiger partial charge in [-0.1, -0.05) is 18.4 Å². The van der Waals surface area contributed by atoms with Crippen molar-refractivity contribution in [2.75, 3.05) is 19.0 Å². The molecule has 8 heteroatoms. The Morgan fingerprint density at radius 3 is 2.83 bits per heavy atom. The largest absolute Gasteiger partial charge is 0.493 e. The van der Waals surface area contributed by atoms with Crippen LogP contribution in [0.25, 0.3) is 0 Å². The number of ether oxygens (including phenoxy) is 2. The van der Waals surface area contributed by atoms with E-state index in [9.17, 15) is 0 Å². The summed E-state index contributed by atoms with van der Waals surface area (Å²) in [5, 5.41) is 15.0. The van der Waals surface area contributed by atoms with Crippen molar-refractivity contribution in [2.24, 2.45) is 0 Å². The van der Waals surface area contributed by atoms with Gasteiger partial charge in [-0.05, 0) is 57.4 Å². The van der Waals surface area contributed by atoms with Gasteiger partial charge in [0.25, 0.3) is 0 Å². The number of nitrogens with one attached hydrogen (secondary N) is 1. The normalized spacial score (nSPS) is 10.6. The van der Waals surface area contributed by atoms with Gasteiger partial charge in [0.2, 0.25) is 5.95 Å². The predicted molar refractivity (Wildman–Crippen MR) is 91.9 cm³/mol. The molecule has 2 rings (SSSR count). The quantitative estimate of drug-likeness (QED) is 0.716. The van der Waals surface area contributed by atoms with E-state index >= 15 is 0 Å². The number of hydrogen-bond acceptors (Lipinski definition) is 6. The monoisotopic (exact) mass is 383 g/mol. The fraction of sp³-hybridized carbons (Fsp3) is 0.533. The van der Waals surface area contributed by atoms with Crippen LogP contribution in [0.15, 0.2) is 16.6 Å². The van der Waals surface area contributed by atoms with Gasteiger partial charge in [0.05, 0.1) is 18.2 Å². The first kappa shape index (κ1) is 17.5. The van der Waals surface area contributed by atoms with Gasteiger partial charge >= 0.3 is 0 Å². The van der Waals surface area contributed by atoms with Crippen molar-refractivity contribution < 1.29 is 9.47 Å². The summed E-state index contributed by atoms with van der Waals surface area (Å²) in [7, 11) is 1.63. The number of tetrazole rings is 1. The lowest BCUT2D eigenvalue weighted by Crippen LogP contribution is -2.09. The molecule has 0 atom stereocenters. The van der Waals surface area contributed by atoms with Gasteiger partial charge in [0.15, 0.2) is 11.5 Å². The van der Waals surface area contributed by atoms with Crippen LogP contribution in [-0.4, -0.2) is 33.9 Å². The molecule has 0 fully saturated rings. The van der Waals surface area contributed by atoms with Gasteiger partial charge in [-0.2, -0.15) is 0 Å². The highest BCUT2D eigenvalue weighted by Gasteiger charge is 2.12. The zero-order valence-electron chi connectivity index (χ0n) is 13.7. The Hall–Kier alpha value is -1.83. The van der Waals surface area contributed by atoms with E-state index in [1.807, 2.05) is 19.1 Å². The Bertz CT molecular complexity index is 632.